The van der Waals surface area contributed by atoms with Crippen LogP contribution in [-0.4, -0.2) is 30.6 Å². The summed E-state index contributed by atoms with van der Waals surface area (Å²) in [5, 5.41) is 10.3. The second-order valence-electron chi connectivity index (χ2n) is 4.94. The highest BCUT2D eigenvalue weighted by Gasteiger charge is 2.22. The molecule has 6 nitrogen and oxygen atoms in total. The van der Waals surface area contributed by atoms with Gasteiger partial charge in [0.1, 0.15) is 23.0 Å². The molecule has 0 radical (unpaired) electrons. The van der Waals surface area contributed by atoms with Crippen molar-refractivity contribution in [3.05, 3.63) is 46.8 Å². The molecule has 0 heterocycles. The molecule has 0 saturated heterocycles. The zero-order valence-corrected chi connectivity index (χ0v) is 13.4. The van der Waals surface area contributed by atoms with Crippen LogP contribution in [0.25, 0.3) is 0 Å². The lowest BCUT2D eigenvalue weighted by Gasteiger charge is -2.12. The van der Waals surface area contributed by atoms with Gasteiger partial charge < -0.3 is 21.2 Å². The normalized spacial score (nSPS) is 11.5. The maximum atomic E-state index is 13.5. The molecule has 0 aliphatic heterocycles. The third-order valence-electron chi connectivity index (χ3n) is 2.99. The van der Waals surface area contributed by atoms with Gasteiger partial charge in [-0.05, 0) is 25.5 Å². The van der Waals surface area contributed by atoms with Gasteiger partial charge in [-0.15, -0.1) is 0 Å². The van der Waals surface area contributed by atoms with Crippen molar-refractivity contribution in [2.75, 3.05) is 13.2 Å². The van der Waals surface area contributed by atoms with Gasteiger partial charge >= 0.3 is 5.97 Å². The molecule has 0 unspecified atom stereocenters. The van der Waals surface area contributed by atoms with Crippen LogP contribution in [0.2, 0.25) is 0 Å². The molecule has 1 aromatic rings. The summed E-state index contributed by atoms with van der Waals surface area (Å²) in [6.45, 7) is 2.83. The van der Waals surface area contributed by atoms with Gasteiger partial charge in [0.15, 0.2) is 6.61 Å². The van der Waals surface area contributed by atoms with Gasteiger partial charge in [0, 0.05) is 12.3 Å². The molecule has 1 rings (SSSR count). The Kier molecular flexibility index (Phi) is 7.03. The van der Waals surface area contributed by atoms with Crippen molar-refractivity contribution in [2.45, 2.75) is 20.3 Å². The predicted molar refractivity (Wildman–Crippen MR) is 84.6 cm³/mol. The lowest BCUT2D eigenvalue weighted by Crippen LogP contribution is -2.29. The molecule has 0 aliphatic carbocycles. The Bertz CT molecular complexity index is 667. The van der Waals surface area contributed by atoms with E-state index in [1.807, 2.05) is 6.92 Å². The van der Waals surface area contributed by atoms with Crippen molar-refractivity contribution in [3.8, 4) is 0 Å². The van der Waals surface area contributed by atoms with Crippen LogP contribution in [0.4, 0.5) is 8.78 Å². The molecule has 8 heteroatoms. The highest BCUT2D eigenvalue weighted by Crippen LogP contribution is 2.13. The molecular weight excluding hydrogens is 320 g/mol. The number of nitrogens with two attached hydrogens (primary N) is 1. The Labute approximate surface area is 138 Å². The van der Waals surface area contributed by atoms with Crippen LogP contribution in [-0.2, 0) is 9.53 Å². The van der Waals surface area contributed by atoms with Crippen LogP contribution in [0.3, 0.4) is 0 Å². The summed E-state index contributed by atoms with van der Waals surface area (Å²) < 4.78 is 31.8. The topological polar surface area (TPSA) is 105 Å². The van der Waals surface area contributed by atoms with Crippen molar-refractivity contribution in [3.63, 3.8) is 0 Å². The van der Waals surface area contributed by atoms with Crippen molar-refractivity contribution in [2.24, 2.45) is 5.73 Å². The molecule has 24 heavy (non-hydrogen) atoms. The first kappa shape index (κ1) is 19.3. The second kappa shape index (κ2) is 8.76. The van der Waals surface area contributed by atoms with E-state index in [4.69, 9.17) is 15.9 Å². The third-order valence-corrected chi connectivity index (χ3v) is 2.99. The fourth-order valence-electron chi connectivity index (χ4n) is 1.85. The molecule has 0 spiro atoms. The number of carbonyl (C=O) groups is 2. The van der Waals surface area contributed by atoms with E-state index in [1.54, 1.807) is 0 Å². The van der Waals surface area contributed by atoms with Gasteiger partial charge in [0.2, 0.25) is 5.78 Å². The molecule has 0 bridgehead atoms. The van der Waals surface area contributed by atoms with Crippen LogP contribution < -0.4 is 11.1 Å². The standard InChI is InChI=1S/C16H19F2N3O3/c1-3-7-21-15(20)13(9(2)19)16(23)24-8-12(22)14-10(17)5-4-6-11(14)18/h4-6,19,21H,3,7-8,20H2,1-2H3/b15-13+,19-9?. The highest BCUT2D eigenvalue weighted by molar-refractivity contribution is 6.18. The van der Waals surface area contributed by atoms with E-state index < -0.39 is 35.6 Å². The van der Waals surface area contributed by atoms with E-state index in [9.17, 15) is 18.4 Å². The third kappa shape index (κ3) is 4.87. The fourth-order valence-corrected chi connectivity index (χ4v) is 1.85. The molecular formula is C16H19F2N3O3. The minimum atomic E-state index is -1.04. The number of rotatable bonds is 8. The zero-order valence-electron chi connectivity index (χ0n) is 13.4. The lowest BCUT2D eigenvalue weighted by molar-refractivity contribution is -0.137. The summed E-state index contributed by atoms with van der Waals surface area (Å²) in [5.41, 5.74) is 4.52. The molecule has 1 aromatic carbocycles. The zero-order chi connectivity index (χ0) is 18.3. The minimum absolute atomic E-state index is 0.0566. The van der Waals surface area contributed by atoms with E-state index in [1.165, 1.54) is 6.92 Å². The molecule has 0 fully saturated rings. The van der Waals surface area contributed by atoms with Crippen molar-refractivity contribution in [1.82, 2.24) is 5.32 Å². The number of hydrogen-bond donors (Lipinski definition) is 3. The van der Waals surface area contributed by atoms with Gasteiger partial charge in [-0.3, -0.25) is 4.79 Å². The Morgan fingerprint density at radius 1 is 1.29 bits per heavy atom. The number of carbonyl (C=O) groups excluding carboxylic acids is 2. The van der Waals surface area contributed by atoms with Crippen LogP contribution >= 0.6 is 0 Å². The number of benzene rings is 1. The Balaban J connectivity index is 2.86. The molecule has 130 valence electrons. The first-order chi connectivity index (χ1) is 11.3. The average molecular weight is 339 g/mol. The van der Waals surface area contributed by atoms with Gasteiger partial charge in [-0.2, -0.15) is 0 Å². The summed E-state index contributed by atoms with van der Waals surface area (Å²) in [4.78, 5) is 23.9. The van der Waals surface area contributed by atoms with E-state index in [0.29, 0.717) is 6.54 Å². The minimum Gasteiger partial charge on any atom is -0.454 e. The van der Waals surface area contributed by atoms with Crippen LogP contribution in [0.15, 0.2) is 29.6 Å². The molecule has 4 N–H and O–H groups in total. The maximum absolute atomic E-state index is 13.5. The van der Waals surface area contributed by atoms with Crippen molar-refractivity contribution < 1.29 is 23.1 Å². The Morgan fingerprint density at radius 3 is 2.38 bits per heavy atom. The smallest absolute Gasteiger partial charge is 0.344 e. The number of nitrogens with one attached hydrogen (secondary N) is 2. The van der Waals surface area contributed by atoms with E-state index in [-0.39, 0.29) is 17.1 Å². The number of ketones is 1. The molecule has 0 amide bonds. The largest absolute Gasteiger partial charge is 0.454 e. The summed E-state index contributed by atoms with van der Waals surface area (Å²) in [7, 11) is 0. The highest BCUT2D eigenvalue weighted by atomic mass is 19.1. The summed E-state index contributed by atoms with van der Waals surface area (Å²) in [6, 6.07) is 2.97. The van der Waals surface area contributed by atoms with Gasteiger partial charge in [0.05, 0.1) is 5.56 Å². The number of Topliss-reactive ketones (excluding diaryl/α,β-unsaturated/α-hetero) is 1. The van der Waals surface area contributed by atoms with E-state index >= 15 is 0 Å². The number of hydrogen-bond acceptors (Lipinski definition) is 6. The van der Waals surface area contributed by atoms with Gasteiger partial charge in [-0.1, -0.05) is 13.0 Å². The summed E-state index contributed by atoms with van der Waals surface area (Å²) in [5.74, 6) is -4.19. The van der Waals surface area contributed by atoms with Crippen LogP contribution in [0, 0.1) is 17.0 Å². The van der Waals surface area contributed by atoms with Gasteiger partial charge in [0.25, 0.3) is 0 Å². The fraction of sp³-hybridized carbons (Fsp3) is 0.312. The van der Waals surface area contributed by atoms with Crippen molar-refractivity contribution in [1.29, 1.82) is 5.41 Å². The second-order valence-corrected chi connectivity index (χ2v) is 4.94. The summed E-state index contributed by atoms with van der Waals surface area (Å²) >= 11 is 0. The lowest BCUT2D eigenvalue weighted by atomic mass is 10.1. The maximum Gasteiger partial charge on any atom is 0.344 e. The number of ether oxygens (including phenoxy) is 1. The first-order valence-electron chi connectivity index (χ1n) is 7.23. The van der Waals surface area contributed by atoms with Crippen molar-refractivity contribution >= 4 is 17.5 Å². The van der Waals surface area contributed by atoms with E-state index in [2.05, 4.69) is 5.32 Å². The quantitative estimate of drug-likeness (QED) is 0.290. The van der Waals surface area contributed by atoms with E-state index in [0.717, 1.165) is 24.6 Å². The summed E-state index contributed by atoms with van der Waals surface area (Å²) in [6.07, 6.45) is 0.741. The first-order valence-corrected chi connectivity index (χ1v) is 7.23. The molecule has 0 atom stereocenters. The average Bonchev–Trinajstić information content (AvgIpc) is 2.50. The molecule has 0 aliphatic rings. The molecule has 0 saturated carbocycles. The van der Waals surface area contributed by atoms with Crippen LogP contribution in [0.1, 0.15) is 30.6 Å². The predicted octanol–water partition coefficient (Wildman–Crippen LogP) is 1.90. The monoisotopic (exact) mass is 339 g/mol. The van der Waals surface area contributed by atoms with Crippen LogP contribution in [0.5, 0.6) is 0 Å². The Morgan fingerprint density at radius 2 is 1.88 bits per heavy atom. The number of esters is 1. The Hall–Kier alpha value is -2.77. The number of halogens is 2. The molecule has 0 aromatic heterocycles. The SMILES string of the molecule is CCCN/C(N)=C(\C(C)=N)C(=O)OCC(=O)c1c(F)cccc1F. The van der Waals surface area contributed by atoms with Gasteiger partial charge in [-0.25, -0.2) is 13.6 Å².